The van der Waals surface area contributed by atoms with Gasteiger partial charge in [0, 0.05) is 33.6 Å². The summed E-state index contributed by atoms with van der Waals surface area (Å²) in [5.74, 6) is 0.862. The van der Waals surface area contributed by atoms with E-state index >= 15 is 0 Å². The van der Waals surface area contributed by atoms with Crippen molar-refractivity contribution in [3.8, 4) is 5.75 Å². The van der Waals surface area contributed by atoms with Crippen molar-refractivity contribution in [3.05, 3.63) is 82.4 Å². The van der Waals surface area contributed by atoms with Crippen molar-refractivity contribution >= 4 is 23.2 Å². The molecule has 25 heavy (non-hydrogen) atoms. The van der Waals surface area contributed by atoms with Gasteiger partial charge >= 0.3 is 0 Å². The van der Waals surface area contributed by atoms with Gasteiger partial charge in [0.05, 0.1) is 12.4 Å². The van der Waals surface area contributed by atoms with Crippen LogP contribution in [-0.4, -0.2) is 9.55 Å². The van der Waals surface area contributed by atoms with Gasteiger partial charge in [-0.05, 0) is 24.6 Å². The molecule has 130 valence electrons. The average Bonchev–Trinajstić information content (AvgIpc) is 3.14. The fourth-order valence-electron chi connectivity index (χ4n) is 2.87. The first-order chi connectivity index (χ1) is 12.2. The molecule has 5 heteroatoms. The van der Waals surface area contributed by atoms with E-state index in [9.17, 15) is 0 Å². The topological polar surface area (TPSA) is 27.1 Å². The molecule has 0 aliphatic rings. The van der Waals surface area contributed by atoms with Crippen molar-refractivity contribution in [3.63, 3.8) is 0 Å². The van der Waals surface area contributed by atoms with Gasteiger partial charge in [-0.2, -0.15) is 0 Å². The maximum absolute atomic E-state index is 6.25. The molecule has 0 aliphatic carbocycles. The van der Waals surface area contributed by atoms with E-state index in [0.717, 1.165) is 29.7 Å². The number of imidazole rings is 1. The van der Waals surface area contributed by atoms with Crippen LogP contribution >= 0.6 is 23.2 Å². The predicted octanol–water partition coefficient (Wildman–Crippen LogP) is 6.16. The molecule has 1 heterocycles. The van der Waals surface area contributed by atoms with Gasteiger partial charge < -0.3 is 9.30 Å². The number of halogens is 2. The Morgan fingerprint density at radius 2 is 2.00 bits per heavy atom. The lowest BCUT2D eigenvalue weighted by Crippen LogP contribution is -2.11. The van der Waals surface area contributed by atoms with Crippen LogP contribution in [0.4, 0.5) is 0 Å². The van der Waals surface area contributed by atoms with Gasteiger partial charge in [0.15, 0.2) is 0 Å². The summed E-state index contributed by atoms with van der Waals surface area (Å²) in [6.07, 6.45) is 7.73. The van der Waals surface area contributed by atoms with E-state index in [1.807, 2.05) is 42.9 Å². The second kappa shape index (κ2) is 8.41. The Kier molecular flexibility index (Phi) is 6.00. The van der Waals surface area contributed by atoms with Gasteiger partial charge in [-0.25, -0.2) is 4.98 Å². The van der Waals surface area contributed by atoms with Crippen LogP contribution in [0.15, 0.2) is 61.2 Å². The second-order valence-electron chi connectivity index (χ2n) is 5.88. The van der Waals surface area contributed by atoms with E-state index in [1.165, 1.54) is 0 Å². The zero-order valence-corrected chi connectivity index (χ0v) is 15.5. The molecule has 1 atom stereocenters. The number of hydrogen-bond acceptors (Lipinski definition) is 2. The van der Waals surface area contributed by atoms with Crippen LogP contribution in [0.3, 0.4) is 0 Å². The first-order valence-electron chi connectivity index (χ1n) is 8.32. The number of ether oxygens (including phenoxy) is 1. The van der Waals surface area contributed by atoms with Crippen molar-refractivity contribution in [2.75, 3.05) is 0 Å². The predicted molar refractivity (Wildman–Crippen MR) is 103 cm³/mol. The van der Waals surface area contributed by atoms with Crippen LogP contribution < -0.4 is 4.74 Å². The second-order valence-corrected chi connectivity index (χ2v) is 6.72. The molecule has 2 aromatic carbocycles. The van der Waals surface area contributed by atoms with Gasteiger partial charge in [0.25, 0.3) is 0 Å². The van der Waals surface area contributed by atoms with Gasteiger partial charge in [0.1, 0.15) is 12.4 Å². The number of aromatic nitrogens is 2. The molecule has 3 aromatic rings. The van der Waals surface area contributed by atoms with Gasteiger partial charge in [-0.15, -0.1) is 0 Å². The maximum Gasteiger partial charge on any atom is 0.125 e. The molecule has 0 saturated heterocycles. The van der Waals surface area contributed by atoms with Crippen molar-refractivity contribution < 1.29 is 4.74 Å². The Hall–Kier alpha value is -1.97. The van der Waals surface area contributed by atoms with E-state index in [0.29, 0.717) is 16.7 Å². The summed E-state index contributed by atoms with van der Waals surface area (Å²) in [7, 11) is 0. The van der Waals surface area contributed by atoms with E-state index < -0.39 is 0 Å². The van der Waals surface area contributed by atoms with Gasteiger partial charge in [-0.3, -0.25) is 0 Å². The minimum Gasteiger partial charge on any atom is -0.488 e. The molecular formula is C20H20Cl2N2O. The maximum atomic E-state index is 6.25. The van der Waals surface area contributed by atoms with Crippen LogP contribution in [0.5, 0.6) is 5.75 Å². The quantitative estimate of drug-likeness (QED) is 0.495. The molecule has 0 spiro atoms. The van der Waals surface area contributed by atoms with E-state index in [2.05, 4.69) is 22.5 Å². The molecule has 0 amide bonds. The molecule has 0 N–H and O–H groups in total. The largest absolute Gasteiger partial charge is 0.488 e. The Balaban J connectivity index is 1.85. The van der Waals surface area contributed by atoms with Gasteiger partial charge in [-0.1, -0.05) is 60.8 Å². The Morgan fingerprint density at radius 1 is 1.16 bits per heavy atom. The van der Waals surface area contributed by atoms with Crippen LogP contribution in [0.1, 0.15) is 36.9 Å². The third-order valence-electron chi connectivity index (χ3n) is 4.12. The summed E-state index contributed by atoms with van der Waals surface area (Å²) >= 11 is 12.2. The van der Waals surface area contributed by atoms with Crippen molar-refractivity contribution in [1.29, 1.82) is 0 Å². The third-order valence-corrected chi connectivity index (χ3v) is 4.71. The first-order valence-corrected chi connectivity index (χ1v) is 9.07. The molecule has 3 nitrogen and oxygen atoms in total. The van der Waals surface area contributed by atoms with Crippen LogP contribution in [0, 0.1) is 0 Å². The molecule has 0 saturated carbocycles. The lowest BCUT2D eigenvalue weighted by atomic mass is 10.0. The summed E-state index contributed by atoms with van der Waals surface area (Å²) in [5, 5.41) is 1.24. The molecule has 1 unspecified atom stereocenters. The summed E-state index contributed by atoms with van der Waals surface area (Å²) in [5.41, 5.74) is 2.06. The van der Waals surface area contributed by atoms with Crippen LogP contribution in [-0.2, 0) is 6.61 Å². The van der Waals surface area contributed by atoms with Gasteiger partial charge in [0.2, 0.25) is 0 Å². The molecule has 1 aromatic heterocycles. The van der Waals surface area contributed by atoms with E-state index in [1.54, 1.807) is 12.3 Å². The Labute approximate surface area is 158 Å². The van der Waals surface area contributed by atoms with Crippen molar-refractivity contribution in [2.45, 2.75) is 32.4 Å². The smallest absolute Gasteiger partial charge is 0.125 e. The van der Waals surface area contributed by atoms with Crippen molar-refractivity contribution in [1.82, 2.24) is 9.55 Å². The fraction of sp³-hybridized carbons (Fsp3) is 0.250. The molecule has 0 fully saturated rings. The SMILES string of the molecule is CCCC(c1ccccc1OCc1ccc(Cl)cc1Cl)n1ccnc1. The van der Waals surface area contributed by atoms with Crippen molar-refractivity contribution in [2.24, 2.45) is 0 Å². The highest BCUT2D eigenvalue weighted by Gasteiger charge is 2.17. The zero-order chi connectivity index (χ0) is 17.6. The summed E-state index contributed by atoms with van der Waals surface area (Å²) in [6, 6.07) is 13.8. The monoisotopic (exact) mass is 374 g/mol. The lowest BCUT2D eigenvalue weighted by molar-refractivity contribution is 0.298. The number of nitrogens with zero attached hydrogens (tertiary/aromatic N) is 2. The normalized spacial score (nSPS) is 12.1. The van der Waals surface area contributed by atoms with Crippen LogP contribution in [0.25, 0.3) is 0 Å². The van der Waals surface area contributed by atoms with Crippen LogP contribution in [0.2, 0.25) is 10.0 Å². The summed E-state index contributed by atoms with van der Waals surface area (Å²) in [4.78, 5) is 4.19. The minimum atomic E-state index is 0.199. The molecule has 0 aliphatic heterocycles. The first kappa shape index (κ1) is 17.8. The fourth-order valence-corrected chi connectivity index (χ4v) is 3.34. The molecular weight excluding hydrogens is 355 g/mol. The number of rotatable bonds is 7. The third kappa shape index (κ3) is 4.36. The van der Waals surface area contributed by atoms with E-state index in [-0.39, 0.29) is 6.04 Å². The standard InChI is InChI=1S/C20H20Cl2N2O/c1-2-5-19(24-11-10-23-14-24)17-6-3-4-7-20(17)25-13-15-8-9-16(21)12-18(15)22/h3-4,6-12,14,19H,2,5,13H2,1H3. The molecule has 0 bridgehead atoms. The van der Waals surface area contributed by atoms with E-state index in [4.69, 9.17) is 27.9 Å². The summed E-state index contributed by atoms with van der Waals surface area (Å²) in [6.45, 7) is 2.58. The minimum absolute atomic E-state index is 0.199. The molecule has 0 radical (unpaired) electrons. The summed E-state index contributed by atoms with van der Waals surface area (Å²) < 4.78 is 8.23. The number of para-hydroxylation sites is 1. The Bertz CT molecular complexity index is 818. The average molecular weight is 375 g/mol. The highest BCUT2D eigenvalue weighted by molar-refractivity contribution is 6.35. The highest BCUT2D eigenvalue weighted by atomic mass is 35.5. The lowest BCUT2D eigenvalue weighted by Gasteiger charge is -2.21. The Morgan fingerprint density at radius 3 is 2.72 bits per heavy atom. The molecule has 3 rings (SSSR count). The number of benzene rings is 2. The zero-order valence-electron chi connectivity index (χ0n) is 14.0. The highest BCUT2D eigenvalue weighted by Crippen LogP contribution is 2.32. The number of hydrogen-bond donors (Lipinski definition) is 0.